The van der Waals surface area contributed by atoms with Crippen molar-refractivity contribution in [3.05, 3.63) is 176 Å². The van der Waals surface area contributed by atoms with Crippen molar-refractivity contribution in [3.63, 3.8) is 0 Å². The van der Waals surface area contributed by atoms with E-state index in [0.29, 0.717) is 0 Å². The maximum atomic E-state index is 5.41. The van der Waals surface area contributed by atoms with E-state index in [1.165, 1.54) is 38.1 Å². The highest BCUT2D eigenvalue weighted by Crippen LogP contribution is 2.44. The molecular formula is C43H29N3. The Labute approximate surface area is 267 Å². The first-order valence-corrected chi connectivity index (χ1v) is 15.7. The Hall–Kier alpha value is -6.19. The van der Waals surface area contributed by atoms with E-state index in [2.05, 4.69) is 185 Å². The fourth-order valence-corrected chi connectivity index (χ4v) is 6.91. The van der Waals surface area contributed by atoms with Crippen molar-refractivity contribution in [2.75, 3.05) is 0 Å². The van der Waals surface area contributed by atoms with Crippen molar-refractivity contribution >= 4 is 32.6 Å². The summed E-state index contributed by atoms with van der Waals surface area (Å²) in [6.07, 6.45) is 0. The van der Waals surface area contributed by atoms with Crippen LogP contribution < -0.4 is 0 Å². The fourth-order valence-electron chi connectivity index (χ4n) is 6.91. The van der Waals surface area contributed by atoms with Crippen LogP contribution in [0.1, 0.15) is 0 Å². The molecule has 46 heavy (non-hydrogen) atoms. The van der Waals surface area contributed by atoms with Crippen LogP contribution in [0.3, 0.4) is 0 Å². The van der Waals surface area contributed by atoms with Crippen LogP contribution in [0.15, 0.2) is 176 Å². The molecule has 0 N–H and O–H groups in total. The average molecular weight is 588 g/mol. The number of aromatic nitrogens is 3. The second kappa shape index (κ2) is 10.8. The molecule has 0 saturated carbocycles. The van der Waals surface area contributed by atoms with Crippen LogP contribution >= 0.6 is 0 Å². The summed E-state index contributed by atoms with van der Waals surface area (Å²) >= 11 is 0. The van der Waals surface area contributed by atoms with Crippen molar-refractivity contribution in [2.24, 2.45) is 0 Å². The Morgan fingerprint density at radius 3 is 1.59 bits per heavy atom. The molecule has 0 atom stereocenters. The van der Waals surface area contributed by atoms with Crippen molar-refractivity contribution in [1.29, 1.82) is 0 Å². The molecule has 3 heteroatoms. The molecule has 9 rings (SSSR count). The first-order chi connectivity index (χ1) is 22.8. The Morgan fingerprint density at radius 2 is 0.913 bits per heavy atom. The molecule has 0 spiro atoms. The first kappa shape index (κ1) is 26.2. The lowest BCUT2D eigenvalue weighted by atomic mass is 9.92. The normalized spacial score (nSPS) is 11.5. The number of fused-ring (bicyclic) bond motifs is 4. The molecule has 0 aliphatic rings. The number of rotatable bonds is 5. The fraction of sp³-hybridized carbons (Fsp3) is 0. The summed E-state index contributed by atoms with van der Waals surface area (Å²) in [5.41, 5.74) is 11.1. The zero-order valence-corrected chi connectivity index (χ0v) is 25.1. The molecular weight excluding hydrogens is 558 g/mol. The number of benzene rings is 7. The van der Waals surface area contributed by atoms with E-state index in [1.54, 1.807) is 0 Å². The van der Waals surface area contributed by atoms with Crippen molar-refractivity contribution in [3.8, 4) is 45.0 Å². The molecule has 0 bridgehead atoms. The molecule has 0 saturated heterocycles. The van der Waals surface area contributed by atoms with Crippen molar-refractivity contribution in [2.45, 2.75) is 0 Å². The highest BCUT2D eigenvalue weighted by Gasteiger charge is 2.24. The van der Waals surface area contributed by atoms with Crippen LogP contribution in [-0.4, -0.2) is 14.3 Å². The minimum atomic E-state index is 0.960. The number of hydrogen-bond acceptors (Lipinski definition) is 1. The van der Waals surface area contributed by atoms with Crippen LogP contribution in [0, 0.1) is 0 Å². The first-order valence-electron chi connectivity index (χ1n) is 15.7. The van der Waals surface area contributed by atoms with Crippen LogP contribution in [-0.2, 0) is 0 Å². The summed E-state index contributed by atoms with van der Waals surface area (Å²) < 4.78 is 4.48. The third kappa shape index (κ3) is 4.17. The summed E-state index contributed by atoms with van der Waals surface area (Å²) in [5, 5.41) is 10.3. The lowest BCUT2D eigenvalue weighted by Crippen LogP contribution is -2.01. The van der Waals surface area contributed by atoms with Gasteiger partial charge in [0.15, 0.2) is 0 Å². The van der Waals surface area contributed by atoms with Crippen molar-refractivity contribution < 1.29 is 0 Å². The van der Waals surface area contributed by atoms with Gasteiger partial charge < -0.3 is 4.57 Å². The molecule has 0 unspecified atom stereocenters. The van der Waals surface area contributed by atoms with Gasteiger partial charge in [0.25, 0.3) is 0 Å². The summed E-state index contributed by atoms with van der Waals surface area (Å²) in [6, 6.07) is 62.5. The Kier molecular flexibility index (Phi) is 6.14. The van der Waals surface area contributed by atoms with E-state index >= 15 is 0 Å². The largest absolute Gasteiger partial charge is 0.309 e. The number of hydrogen-bond donors (Lipinski definition) is 0. The molecule has 0 radical (unpaired) electrons. The van der Waals surface area contributed by atoms with Crippen LogP contribution in [0.5, 0.6) is 0 Å². The van der Waals surface area contributed by atoms with Gasteiger partial charge >= 0.3 is 0 Å². The van der Waals surface area contributed by atoms with Gasteiger partial charge in [-0.05, 0) is 52.7 Å². The van der Waals surface area contributed by atoms with Gasteiger partial charge in [0, 0.05) is 33.2 Å². The highest BCUT2D eigenvalue weighted by atomic mass is 15.3. The number of para-hydroxylation sites is 2. The average Bonchev–Trinajstić information content (AvgIpc) is 3.69. The maximum Gasteiger partial charge on any atom is 0.101 e. The minimum absolute atomic E-state index is 0.960. The van der Waals surface area contributed by atoms with E-state index in [1.807, 2.05) is 0 Å². The smallest absolute Gasteiger partial charge is 0.101 e. The van der Waals surface area contributed by atoms with Gasteiger partial charge in [-0.3, -0.25) is 0 Å². The maximum absolute atomic E-state index is 5.41. The van der Waals surface area contributed by atoms with Crippen molar-refractivity contribution in [1.82, 2.24) is 14.3 Å². The van der Waals surface area contributed by atoms with E-state index in [9.17, 15) is 0 Å². The molecule has 216 valence electrons. The van der Waals surface area contributed by atoms with Crippen LogP contribution in [0.2, 0.25) is 0 Å². The topological polar surface area (TPSA) is 22.8 Å². The predicted octanol–water partition coefficient (Wildman–Crippen LogP) is 11.1. The molecule has 0 aliphatic heterocycles. The molecule has 2 heterocycles. The quantitative estimate of drug-likeness (QED) is 0.196. The zero-order valence-electron chi connectivity index (χ0n) is 25.1. The van der Waals surface area contributed by atoms with E-state index in [0.717, 1.165) is 39.5 Å². The summed E-state index contributed by atoms with van der Waals surface area (Å²) in [5.74, 6) is 0. The van der Waals surface area contributed by atoms with Gasteiger partial charge in [-0.1, -0.05) is 140 Å². The summed E-state index contributed by atoms with van der Waals surface area (Å²) in [6.45, 7) is 0. The van der Waals surface area contributed by atoms with Crippen LogP contribution in [0.4, 0.5) is 0 Å². The van der Waals surface area contributed by atoms with Crippen LogP contribution in [0.25, 0.3) is 77.6 Å². The molecule has 3 nitrogen and oxygen atoms in total. The lowest BCUT2D eigenvalue weighted by molar-refractivity contribution is 0.891. The highest BCUT2D eigenvalue weighted by molar-refractivity contribution is 6.09. The number of nitrogens with zero attached hydrogens (tertiary/aromatic N) is 3. The lowest BCUT2D eigenvalue weighted by Gasteiger charge is -2.14. The minimum Gasteiger partial charge on any atom is -0.309 e. The van der Waals surface area contributed by atoms with Gasteiger partial charge in [-0.25, -0.2) is 4.68 Å². The predicted molar refractivity (Wildman–Crippen MR) is 192 cm³/mol. The molecule has 9 aromatic rings. The molecule has 2 aromatic heterocycles. The molecule has 0 amide bonds. The Balaban J connectivity index is 1.30. The standard InChI is InChI=1S/C43H29N3/c1-3-15-31(16-4-1)42-41(38-23-13-19-30-14-7-8-20-35(30)38)43(32-17-5-2-6-18-32)46(44-42)34-28-26-33(27-29-34)45-39-24-11-9-21-36(39)37-22-10-12-25-40(37)45/h1-29H. The third-order valence-corrected chi connectivity index (χ3v) is 8.97. The molecule has 0 aliphatic carbocycles. The second-order valence-electron chi connectivity index (χ2n) is 11.6. The zero-order chi connectivity index (χ0) is 30.5. The van der Waals surface area contributed by atoms with E-state index in [4.69, 9.17) is 5.10 Å². The second-order valence-corrected chi connectivity index (χ2v) is 11.6. The van der Waals surface area contributed by atoms with Gasteiger partial charge in [0.1, 0.15) is 5.69 Å². The molecule has 0 fully saturated rings. The SMILES string of the molecule is c1ccc(-c2nn(-c3ccc(-n4c5ccccc5c5ccccc54)cc3)c(-c3ccccc3)c2-c2cccc3ccccc23)cc1. The Morgan fingerprint density at radius 1 is 0.391 bits per heavy atom. The summed E-state index contributed by atoms with van der Waals surface area (Å²) in [7, 11) is 0. The van der Waals surface area contributed by atoms with Gasteiger partial charge in [-0.15, -0.1) is 0 Å². The van der Waals surface area contributed by atoms with Gasteiger partial charge in [0.05, 0.1) is 22.4 Å². The van der Waals surface area contributed by atoms with E-state index < -0.39 is 0 Å². The van der Waals surface area contributed by atoms with Gasteiger partial charge in [0.2, 0.25) is 0 Å². The van der Waals surface area contributed by atoms with E-state index in [-0.39, 0.29) is 0 Å². The monoisotopic (exact) mass is 587 g/mol. The van der Waals surface area contributed by atoms with Gasteiger partial charge in [-0.2, -0.15) is 5.10 Å². The molecule has 7 aromatic carbocycles. The Bertz CT molecular complexity index is 2440. The summed E-state index contributed by atoms with van der Waals surface area (Å²) in [4.78, 5) is 0. The third-order valence-electron chi connectivity index (χ3n) is 8.97.